The Morgan fingerprint density at radius 1 is 0.812 bits per heavy atom. The summed E-state index contributed by atoms with van der Waals surface area (Å²) in [6, 6.07) is -2.28. The number of aromatic nitrogens is 2. The number of imidazole rings is 1. The van der Waals surface area contributed by atoms with E-state index in [-0.39, 0.29) is 75.8 Å². The van der Waals surface area contributed by atoms with Gasteiger partial charge in [0.15, 0.2) is 5.96 Å². The van der Waals surface area contributed by atoms with E-state index in [0.717, 1.165) is 0 Å². The molecule has 1 fully saturated rings. The van der Waals surface area contributed by atoms with Gasteiger partial charge in [0.2, 0.25) is 41.4 Å². The highest BCUT2D eigenvalue weighted by Crippen LogP contribution is 2.21. The maximum absolute atomic E-state index is 14.4. The molecule has 2 aromatic rings. The zero-order valence-electron chi connectivity index (χ0n) is 40.5. The number of aliphatic imine (C=N–C) groups is 1. The van der Waals surface area contributed by atoms with Crippen molar-refractivity contribution in [2.45, 2.75) is 141 Å². The van der Waals surface area contributed by atoms with E-state index in [1.165, 1.54) is 29.6 Å². The predicted molar refractivity (Wildman–Crippen MR) is 256 cm³/mol. The van der Waals surface area contributed by atoms with Crippen LogP contribution >= 0.6 is 0 Å². The SMILES string of the molecule is CCCC[C@H](NC(=O)[C@H](Cc1ccc(O)cc1)NC(=O)[C@@H](NC(=O)[C@H](CCCN=C(N)N)NC(=O)CNC)C(C)C)C(=O)N[C@@H](Cc1cnc[nH]1)C(=O)N1CCC[C@H]1C(=O)N[C@@H](CC(C)C)C(=O)O. The average Bonchev–Trinajstić information content (AvgIpc) is 4.00. The molecule has 0 aliphatic carbocycles. The number of likely N-dealkylation sites (tertiary alicyclic amines) is 1. The van der Waals surface area contributed by atoms with Crippen molar-refractivity contribution in [3.05, 3.63) is 48.0 Å². The minimum Gasteiger partial charge on any atom is -0.508 e. The van der Waals surface area contributed by atoms with Crippen molar-refractivity contribution in [2.75, 3.05) is 26.7 Å². The third kappa shape index (κ3) is 19.0. The minimum absolute atomic E-state index is 0.0325. The van der Waals surface area contributed by atoms with Crippen molar-refractivity contribution in [3.63, 3.8) is 0 Å². The van der Waals surface area contributed by atoms with E-state index in [1.807, 2.05) is 20.8 Å². The molecule has 14 N–H and O–H groups in total. The predicted octanol–water partition coefficient (Wildman–Crippen LogP) is -0.950. The second kappa shape index (κ2) is 28.5. The van der Waals surface area contributed by atoms with Crippen LogP contribution in [0.4, 0.5) is 0 Å². The fraction of sp³-hybridized carbons (Fsp3) is 0.609. The lowest BCUT2D eigenvalue weighted by Gasteiger charge is -2.31. The van der Waals surface area contributed by atoms with Gasteiger partial charge in [0.1, 0.15) is 48.0 Å². The van der Waals surface area contributed by atoms with Gasteiger partial charge in [-0.1, -0.05) is 59.6 Å². The number of rotatable bonds is 29. The first-order chi connectivity index (χ1) is 32.7. The average molecular weight is 968 g/mol. The number of hydrogen-bond acceptors (Lipinski definition) is 12. The Morgan fingerprint density at radius 3 is 2.03 bits per heavy atom. The van der Waals surface area contributed by atoms with Crippen LogP contribution in [-0.2, 0) is 51.2 Å². The molecule has 1 aromatic heterocycles. The Kier molecular flexibility index (Phi) is 23.4. The normalized spacial score (nSPS) is 16.0. The molecule has 1 saturated heterocycles. The quantitative estimate of drug-likeness (QED) is 0.0266. The first-order valence-corrected chi connectivity index (χ1v) is 23.5. The molecule has 2 heterocycles. The Morgan fingerprint density at radius 2 is 1.43 bits per heavy atom. The summed E-state index contributed by atoms with van der Waals surface area (Å²) in [7, 11) is 1.57. The number of nitrogens with one attached hydrogen (secondary N) is 8. The maximum Gasteiger partial charge on any atom is 0.326 e. The lowest BCUT2D eigenvalue weighted by Crippen LogP contribution is -2.61. The van der Waals surface area contributed by atoms with E-state index in [1.54, 1.807) is 33.0 Å². The number of H-pyrrole nitrogens is 1. The molecule has 69 heavy (non-hydrogen) atoms. The van der Waals surface area contributed by atoms with Gasteiger partial charge in [0, 0.05) is 37.8 Å². The number of aromatic hydroxyl groups is 1. The summed E-state index contributed by atoms with van der Waals surface area (Å²) in [5.74, 6) is -6.48. The summed E-state index contributed by atoms with van der Waals surface area (Å²) in [5.41, 5.74) is 11.9. The van der Waals surface area contributed by atoms with Crippen molar-refractivity contribution in [1.29, 1.82) is 0 Å². The van der Waals surface area contributed by atoms with Gasteiger partial charge in [-0.25, -0.2) is 9.78 Å². The number of amides is 7. The number of guanidine groups is 1. The second-order valence-electron chi connectivity index (χ2n) is 18.0. The van der Waals surface area contributed by atoms with E-state index < -0.39 is 95.5 Å². The summed E-state index contributed by atoms with van der Waals surface area (Å²) in [6.45, 7) is 9.21. The number of unbranched alkanes of at least 4 members (excludes halogenated alkanes) is 1. The highest BCUT2D eigenvalue weighted by Gasteiger charge is 2.40. The first-order valence-electron chi connectivity index (χ1n) is 23.5. The number of phenolic OH excluding ortho intramolecular Hbond substituents is 1. The maximum atomic E-state index is 14.4. The molecular weight excluding hydrogens is 895 g/mol. The van der Waals surface area contributed by atoms with Crippen LogP contribution in [0.5, 0.6) is 5.75 Å². The number of aliphatic carboxylic acids is 1. The Hall–Kier alpha value is -6.78. The highest BCUT2D eigenvalue weighted by atomic mass is 16.4. The van der Waals surface area contributed by atoms with Gasteiger partial charge < -0.3 is 68.8 Å². The van der Waals surface area contributed by atoms with Gasteiger partial charge in [-0.3, -0.25) is 38.6 Å². The minimum atomic E-state index is -1.33. The number of benzene rings is 1. The van der Waals surface area contributed by atoms with Crippen LogP contribution in [0.2, 0.25) is 0 Å². The smallest absolute Gasteiger partial charge is 0.326 e. The van der Waals surface area contributed by atoms with Gasteiger partial charge in [-0.05, 0) is 75.1 Å². The fourth-order valence-electron chi connectivity index (χ4n) is 7.81. The third-order valence-corrected chi connectivity index (χ3v) is 11.4. The molecule has 0 radical (unpaired) electrons. The largest absolute Gasteiger partial charge is 0.508 e. The highest BCUT2D eigenvalue weighted by molar-refractivity contribution is 5.98. The lowest BCUT2D eigenvalue weighted by atomic mass is 9.99. The number of carboxylic acids is 1. The van der Waals surface area contributed by atoms with Crippen LogP contribution in [0.25, 0.3) is 0 Å². The van der Waals surface area contributed by atoms with Crippen molar-refractivity contribution >= 4 is 53.3 Å². The van der Waals surface area contributed by atoms with Gasteiger partial charge >= 0.3 is 5.97 Å². The summed E-state index contributed by atoms with van der Waals surface area (Å²) in [5, 5.41) is 38.8. The fourth-order valence-corrected chi connectivity index (χ4v) is 7.81. The molecule has 0 saturated carbocycles. The second-order valence-corrected chi connectivity index (χ2v) is 18.0. The Balaban J connectivity index is 1.91. The van der Waals surface area contributed by atoms with Gasteiger partial charge in [-0.15, -0.1) is 0 Å². The molecule has 0 unspecified atom stereocenters. The molecule has 1 aliphatic rings. The monoisotopic (exact) mass is 968 g/mol. The number of nitrogens with two attached hydrogens (primary N) is 2. The summed E-state index contributed by atoms with van der Waals surface area (Å²) >= 11 is 0. The number of likely N-dealkylation sites (N-methyl/N-ethyl adjacent to an activating group) is 1. The molecule has 0 spiro atoms. The van der Waals surface area contributed by atoms with E-state index in [0.29, 0.717) is 36.9 Å². The van der Waals surface area contributed by atoms with E-state index in [9.17, 15) is 48.6 Å². The Labute approximate surface area is 402 Å². The van der Waals surface area contributed by atoms with Crippen molar-refractivity contribution < 1.29 is 48.6 Å². The molecular formula is C46H73N13O10. The summed E-state index contributed by atoms with van der Waals surface area (Å²) in [4.78, 5) is 121. The molecule has 7 amide bonds. The van der Waals surface area contributed by atoms with Crippen LogP contribution in [-0.4, -0.2) is 147 Å². The number of carboxylic acid groups (broad SMARTS) is 1. The number of nitrogens with zero attached hydrogens (tertiary/aromatic N) is 3. The van der Waals surface area contributed by atoms with Crippen molar-refractivity contribution in [3.8, 4) is 5.75 Å². The summed E-state index contributed by atoms with van der Waals surface area (Å²) < 4.78 is 0. The van der Waals surface area contributed by atoms with E-state index in [2.05, 4.69) is 52.2 Å². The number of carbonyl (C=O) groups excluding carboxylic acids is 7. The van der Waals surface area contributed by atoms with Crippen LogP contribution < -0.4 is 48.7 Å². The lowest BCUT2D eigenvalue weighted by molar-refractivity contribution is -0.145. The molecule has 23 nitrogen and oxygen atoms in total. The number of phenols is 1. The first kappa shape index (κ1) is 56.5. The number of hydrogen-bond donors (Lipinski definition) is 12. The van der Waals surface area contributed by atoms with Crippen LogP contribution in [0, 0.1) is 11.8 Å². The van der Waals surface area contributed by atoms with Crippen molar-refractivity contribution in [1.82, 2.24) is 52.1 Å². The van der Waals surface area contributed by atoms with Crippen LogP contribution in [0.3, 0.4) is 0 Å². The third-order valence-electron chi connectivity index (χ3n) is 11.4. The molecule has 382 valence electrons. The zero-order valence-corrected chi connectivity index (χ0v) is 40.5. The Bertz CT molecular complexity index is 2040. The van der Waals surface area contributed by atoms with Crippen LogP contribution in [0.15, 0.2) is 41.8 Å². The molecule has 1 aliphatic heterocycles. The van der Waals surface area contributed by atoms with Gasteiger partial charge in [0.05, 0.1) is 12.9 Å². The molecule has 23 heteroatoms. The van der Waals surface area contributed by atoms with E-state index >= 15 is 0 Å². The molecule has 0 bridgehead atoms. The molecule has 3 rings (SSSR count). The number of aromatic amines is 1. The standard InChI is InChI=1S/C46H73N13O10/c1-7-8-11-32(39(62)56-34(22-29-23-50-25-52-29)44(67)59-19-10-13-36(59)42(65)57-35(45(68)69)20-26(2)3)54-41(64)33(21-28-14-16-30(60)17-15-28)55-43(66)38(27(4)5)58-40(63)31(53-37(61)24-49-6)12-9-18-51-46(47)48/h14-17,23,25-27,31-36,38,49,60H,7-13,18-22,24H2,1-6H3,(H,50,52)(H,53,61)(H,54,64)(H,55,66)(H,56,62)(H,57,65)(H,58,63)(H,68,69)(H4,47,48,51)/t31-,32-,33-,34-,35-,36-,38-/m0/s1. The van der Waals surface area contributed by atoms with E-state index in [4.69, 9.17) is 11.5 Å². The molecule has 1 aromatic carbocycles. The van der Waals surface area contributed by atoms with Gasteiger partial charge in [0.25, 0.3) is 0 Å². The molecule has 7 atom stereocenters. The van der Waals surface area contributed by atoms with Crippen molar-refractivity contribution in [2.24, 2.45) is 28.3 Å². The topological polar surface area (TPSA) is 358 Å². The zero-order chi connectivity index (χ0) is 51.2. The van der Waals surface area contributed by atoms with Gasteiger partial charge in [-0.2, -0.15) is 0 Å². The number of carbonyl (C=O) groups is 8. The van der Waals surface area contributed by atoms with Crippen LogP contribution in [0.1, 0.15) is 97.2 Å². The summed E-state index contributed by atoms with van der Waals surface area (Å²) in [6.07, 6.45) is 5.32.